The van der Waals surface area contributed by atoms with E-state index in [0.717, 1.165) is 5.56 Å². The normalized spacial score (nSPS) is 15.6. The molecule has 0 bridgehead atoms. The van der Waals surface area contributed by atoms with Gasteiger partial charge in [0.25, 0.3) is 17.0 Å². The molecule has 0 fully saturated rings. The van der Waals surface area contributed by atoms with Crippen LogP contribution in [0.3, 0.4) is 0 Å². The van der Waals surface area contributed by atoms with E-state index in [-0.39, 0.29) is 21.7 Å². The van der Waals surface area contributed by atoms with Gasteiger partial charge in [-0.1, -0.05) is 18.2 Å². The number of halogens is 1. The van der Waals surface area contributed by atoms with E-state index in [1.165, 1.54) is 33.0 Å². The molecule has 1 aliphatic rings. The number of hydrogen-bond acceptors (Lipinski definition) is 4. The zero-order valence-corrected chi connectivity index (χ0v) is 17.4. The van der Waals surface area contributed by atoms with Crippen LogP contribution in [0.25, 0.3) is 11.4 Å². The van der Waals surface area contributed by atoms with E-state index >= 15 is 0 Å². The maximum atomic E-state index is 12.4. The fourth-order valence-corrected chi connectivity index (χ4v) is 4.32. The molecule has 0 radical (unpaired) electrons. The highest BCUT2D eigenvalue weighted by molar-refractivity contribution is 8.05. The van der Waals surface area contributed by atoms with Gasteiger partial charge in [0.1, 0.15) is 0 Å². The number of hydrogen-bond donors (Lipinski definition) is 1. The Labute approximate surface area is 181 Å². The van der Waals surface area contributed by atoms with Crippen LogP contribution in [0, 0.1) is 0 Å². The zero-order valence-electron chi connectivity index (χ0n) is 15.8. The highest BCUT2D eigenvalue weighted by atomic mass is 35.5. The number of carbonyl (C=O) groups excluding carboxylic acids is 1. The lowest BCUT2D eigenvalue weighted by Gasteiger charge is -2.11. The van der Waals surface area contributed by atoms with Crippen molar-refractivity contribution in [3.63, 3.8) is 0 Å². The number of rotatable bonds is 5. The number of alkyl halides is 1. The largest absolute Gasteiger partial charge is 0.347 e. The molecule has 1 atom stereocenters. The van der Waals surface area contributed by atoms with Crippen LogP contribution >= 0.6 is 23.4 Å². The average Bonchev–Trinajstić information content (AvgIpc) is 3.20. The van der Waals surface area contributed by atoms with Gasteiger partial charge in [0.15, 0.2) is 0 Å². The maximum Gasteiger partial charge on any atom is 0.257 e. The quantitative estimate of drug-likeness (QED) is 0.620. The monoisotopic (exact) mass is 439 g/mol. The fourth-order valence-electron chi connectivity index (χ4n) is 3.10. The molecule has 3 aromatic rings. The zero-order chi connectivity index (χ0) is 21.1. The van der Waals surface area contributed by atoms with Gasteiger partial charge in [-0.2, -0.15) is 0 Å². The topological polar surface area (TPSA) is 73.1 Å². The maximum absolute atomic E-state index is 12.4. The molecular weight excluding hydrogens is 422 g/mol. The number of nitrogens with one attached hydrogen (secondary N) is 1. The predicted octanol–water partition coefficient (Wildman–Crippen LogP) is 3.19. The molecule has 0 saturated carbocycles. The Morgan fingerprint density at radius 2 is 1.70 bits per heavy atom. The van der Waals surface area contributed by atoms with Gasteiger partial charge in [0, 0.05) is 42.4 Å². The molecule has 4 rings (SSSR count). The van der Waals surface area contributed by atoms with Gasteiger partial charge in [-0.3, -0.25) is 23.5 Å². The lowest BCUT2D eigenvalue weighted by atomic mass is 10.2. The number of aromatic nitrogens is 2. The van der Waals surface area contributed by atoms with Crippen LogP contribution in [0.4, 0.5) is 0 Å². The Kier molecular flexibility index (Phi) is 5.92. The highest BCUT2D eigenvalue weighted by Gasteiger charge is 2.20. The SMILES string of the molecule is O=C(NCc1ccc(=O)n(-c2ccc(-n3ccccc3=O)cc2)c1)C1=CCC(Cl)S1. The van der Waals surface area contributed by atoms with Crippen molar-refractivity contribution < 1.29 is 4.79 Å². The summed E-state index contributed by atoms with van der Waals surface area (Å²) in [4.78, 5) is 37.2. The second-order valence-corrected chi connectivity index (χ2v) is 8.72. The van der Waals surface area contributed by atoms with E-state index in [0.29, 0.717) is 29.2 Å². The molecule has 0 spiro atoms. The van der Waals surface area contributed by atoms with Crippen LogP contribution < -0.4 is 16.4 Å². The van der Waals surface area contributed by atoms with Crippen molar-refractivity contribution in [1.82, 2.24) is 14.5 Å². The van der Waals surface area contributed by atoms with E-state index in [9.17, 15) is 14.4 Å². The molecule has 0 saturated heterocycles. The Morgan fingerprint density at radius 3 is 2.37 bits per heavy atom. The summed E-state index contributed by atoms with van der Waals surface area (Å²) in [6, 6.07) is 15.2. The van der Waals surface area contributed by atoms with Crippen LogP contribution in [-0.4, -0.2) is 19.8 Å². The van der Waals surface area contributed by atoms with E-state index < -0.39 is 0 Å². The minimum Gasteiger partial charge on any atom is -0.347 e. The van der Waals surface area contributed by atoms with Crippen LogP contribution in [0.5, 0.6) is 0 Å². The third-order valence-corrected chi connectivity index (χ3v) is 6.12. The number of benzene rings is 1. The molecule has 1 amide bonds. The molecule has 1 N–H and O–H groups in total. The predicted molar refractivity (Wildman–Crippen MR) is 119 cm³/mol. The van der Waals surface area contributed by atoms with Gasteiger partial charge >= 0.3 is 0 Å². The third kappa shape index (κ3) is 4.42. The molecular formula is C22H18ClN3O3S. The van der Waals surface area contributed by atoms with Crippen LogP contribution in [0.1, 0.15) is 12.0 Å². The molecule has 1 unspecified atom stereocenters. The van der Waals surface area contributed by atoms with Gasteiger partial charge in [-0.15, -0.1) is 23.4 Å². The van der Waals surface area contributed by atoms with Gasteiger partial charge in [-0.05, 0) is 42.3 Å². The Balaban J connectivity index is 1.52. The summed E-state index contributed by atoms with van der Waals surface area (Å²) >= 11 is 7.35. The van der Waals surface area contributed by atoms with Crippen LogP contribution in [0.2, 0.25) is 0 Å². The molecule has 2 aromatic heterocycles. The smallest absolute Gasteiger partial charge is 0.257 e. The number of allylic oxidation sites excluding steroid dienone is 1. The van der Waals surface area contributed by atoms with Crippen molar-refractivity contribution >= 4 is 29.3 Å². The van der Waals surface area contributed by atoms with E-state index in [4.69, 9.17) is 11.6 Å². The first kappa shape index (κ1) is 20.3. The molecule has 8 heteroatoms. The van der Waals surface area contributed by atoms with Gasteiger partial charge < -0.3 is 5.32 Å². The highest BCUT2D eigenvalue weighted by Crippen LogP contribution is 2.34. The minimum atomic E-state index is -0.186. The van der Waals surface area contributed by atoms with Crippen LogP contribution in [0.15, 0.2) is 87.6 Å². The summed E-state index contributed by atoms with van der Waals surface area (Å²) in [5, 5.41) is 2.86. The first-order chi connectivity index (χ1) is 14.5. The summed E-state index contributed by atoms with van der Waals surface area (Å²) in [5.74, 6) is -0.168. The van der Waals surface area contributed by atoms with Crippen molar-refractivity contribution in [1.29, 1.82) is 0 Å². The summed E-state index contributed by atoms with van der Waals surface area (Å²) < 4.78 is 2.94. The van der Waals surface area contributed by atoms with Crippen molar-refractivity contribution in [3.05, 3.63) is 104 Å². The minimum absolute atomic E-state index is 0.0950. The molecule has 6 nitrogen and oxygen atoms in total. The van der Waals surface area contributed by atoms with E-state index in [2.05, 4.69) is 5.32 Å². The summed E-state index contributed by atoms with van der Waals surface area (Å²) in [5.41, 5.74) is 1.85. The first-order valence-corrected chi connectivity index (χ1v) is 10.6. The van der Waals surface area contributed by atoms with Crippen molar-refractivity contribution in [3.8, 4) is 11.4 Å². The lowest BCUT2D eigenvalue weighted by molar-refractivity contribution is -0.116. The number of pyridine rings is 2. The average molecular weight is 440 g/mol. The number of nitrogens with zero attached hydrogens (tertiary/aromatic N) is 2. The number of carbonyl (C=O) groups is 1. The molecule has 1 aromatic carbocycles. The second-order valence-electron chi connectivity index (χ2n) is 6.69. The Hall–Kier alpha value is -3.03. The summed E-state index contributed by atoms with van der Waals surface area (Å²) in [7, 11) is 0. The number of amides is 1. The van der Waals surface area contributed by atoms with E-state index in [1.54, 1.807) is 54.9 Å². The molecule has 152 valence electrons. The number of thioether (sulfide) groups is 1. The second kappa shape index (κ2) is 8.77. The van der Waals surface area contributed by atoms with Gasteiger partial charge in [-0.25, -0.2) is 0 Å². The molecule has 1 aliphatic heterocycles. The van der Waals surface area contributed by atoms with Gasteiger partial charge in [0.2, 0.25) is 0 Å². The Bertz CT molecular complexity index is 1230. The van der Waals surface area contributed by atoms with Gasteiger partial charge in [0.05, 0.1) is 9.61 Å². The fraction of sp³-hybridized carbons (Fsp3) is 0.136. The Morgan fingerprint density at radius 1 is 1.00 bits per heavy atom. The molecule has 0 aliphatic carbocycles. The van der Waals surface area contributed by atoms with Crippen molar-refractivity contribution in [2.24, 2.45) is 0 Å². The first-order valence-electron chi connectivity index (χ1n) is 9.30. The molecule has 3 heterocycles. The standard InChI is InChI=1S/C22H18ClN3O3S/c23-19-10-9-18(30-19)22(29)24-13-15-4-11-21(28)26(14-15)17-7-5-16(6-8-17)25-12-2-1-3-20(25)27/h1-9,11-12,14,19H,10,13H2,(H,24,29). The third-order valence-electron chi connectivity index (χ3n) is 4.62. The summed E-state index contributed by atoms with van der Waals surface area (Å²) in [6.45, 7) is 0.293. The lowest BCUT2D eigenvalue weighted by Crippen LogP contribution is -2.25. The van der Waals surface area contributed by atoms with Crippen LogP contribution in [-0.2, 0) is 11.3 Å². The van der Waals surface area contributed by atoms with E-state index in [1.807, 2.05) is 6.08 Å². The van der Waals surface area contributed by atoms with Crippen molar-refractivity contribution in [2.45, 2.75) is 17.7 Å². The summed E-state index contributed by atoms with van der Waals surface area (Å²) in [6.07, 6.45) is 5.90. The molecule has 30 heavy (non-hydrogen) atoms. The van der Waals surface area contributed by atoms with Crippen molar-refractivity contribution in [2.75, 3.05) is 0 Å².